The molecule has 1 amide bonds. The zero-order valence-corrected chi connectivity index (χ0v) is 12.1. The van der Waals surface area contributed by atoms with Gasteiger partial charge < -0.3 is 10.1 Å². The van der Waals surface area contributed by atoms with Gasteiger partial charge in [-0.15, -0.1) is 0 Å². The molecule has 0 bridgehead atoms. The Hall–Kier alpha value is -2.89. The van der Waals surface area contributed by atoms with Gasteiger partial charge in [-0.05, 0) is 24.1 Å². The van der Waals surface area contributed by atoms with E-state index in [-0.39, 0.29) is 18.0 Å². The molecule has 6 nitrogen and oxygen atoms in total. The van der Waals surface area contributed by atoms with E-state index in [9.17, 15) is 14.9 Å². The number of carbonyl (C=O) groups is 1. The number of hydrogen-bond acceptors (Lipinski definition) is 4. The second-order valence-corrected chi connectivity index (χ2v) is 4.67. The number of amides is 1. The van der Waals surface area contributed by atoms with Crippen LogP contribution in [0.2, 0.25) is 0 Å². The van der Waals surface area contributed by atoms with Gasteiger partial charge in [0.05, 0.1) is 12.0 Å². The number of benzene rings is 2. The third-order valence-corrected chi connectivity index (χ3v) is 3.15. The van der Waals surface area contributed by atoms with Gasteiger partial charge >= 0.3 is 0 Å². The number of para-hydroxylation sites is 1. The number of aryl methyl sites for hydroxylation is 1. The summed E-state index contributed by atoms with van der Waals surface area (Å²) in [6, 6.07) is 13.4. The Balaban J connectivity index is 1.96. The predicted molar refractivity (Wildman–Crippen MR) is 83.0 cm³/mol. The maximum atomic E-state index is 11.9. The summed E-state index contributed by atoms with van der Waals surface area (Å²) in [4.78, 5) is 22.1. The van der Waals surface area contributed by atoms with Gasteiger partial charge in [0, 0.05) is 24.2 Å². The number of non-ortho nitro benzene ring substituents is 1. The van der Waals surface area contributed by atoms with Crippen molar-refractivity contribution in [3.8, 4) is 5.75 Å². The van der Waals surface area contributed by atoms with E-state index in [1.165, 1.54) is 18.2 Å². The first-order chi connectivity index (χ1) is 10.6. The van der Waals surface area contributed by atoms with Gasteiger partial charge in [0.15, 0.2) is 0 Å². The Morgan fingerprint density at radius 2 is 2.00 bits per heavy atom. The molecule has 0 saturated carbocycles. The standard InChI is InChI=1S/C16H16N2O4/c1-22-15-8-3-2-5-12(15)9-10-16(19)17-13-6-4-7-14(11-13)18(20)21/h2-8,11H,9-10H2,1H3,(H,17,19). The van der Waals surface area contributed by atoms with Crippen LogP contribution in [0.5, 0.6) is 5.75 Å². The molecule has 0 saturated heterocycles. The van der Waals surface area contributed by atoms with E-state index in [2.05, 4.69) is 5.32 Å². The fraction of sp³-hybridized carbons (Fsp3) is 0.188. The van der Waals surface area contributed by atoms with E-state index in [4.69, 9.17) is 4.74 Å². The third kappa shape index (κ3) is 4.05. The van der Waals surface area contributed by atoms with Crippen LogP contribution in [-0.4, -0.2) is 17.9 Å². The van der Waals surface area contributed by atoms with Crippen molar-refractivity contribution >= 4 is 17.3 Å². The molecule has 0 atom stereocenters. The molecule has 2 aromatic carbocycles. The second-order valence-electron chi connectivity index (χ2n) is 4.67. The van der Waals surface area contributed by atoms with Crippen molar-refractivity contribution in [2.75, 3.05) is 12.4 Å². The van der Waals surface area contributed by atoms with E-state index >= 15 is 0 Å². The number of nitro benzene ring substituents is 1. The highest BCUT2D eigenvalue weighted by atomic mass is 16.6. The summed E-state index contributed by atoms with van der Waals surface area (Å²) < 4.78 is 5.23. The van der Waals surface area contributed by atoms with Crippen LogP contribution in [0.15, 0.2) is 48.5 Å². The fourth-order valence-corrected chi connectivity index (χ4v) is 2.08. The summed E-state index contributed by atoms with van der Waals surface area (Å²) >= 11 is 0. The van der Waals surface area contributed by atoms with Crippen molar-refractivity contribution in [3.63, 3.8) is 0 Å². The van der Waals surface area contributed by atoms with Gasteiger partial charge in [0.2, 0.25) is 5.91 Å². The van der Waals surface area contributed by atoms with Gasteiger partial charge in [0.25, 0.3) is 5.69 Å². The molecule has 0 spiro atoms. The summed E-state index contributed by atoms with van der Waals surface area (Å²) in [6.45, 7) is 0. The summed E-state index contributed by atoms with van der Waals surface area (Å²) in [7, 11) is 1.59. The molecule has 22 heavy (non-hydrogen) atoms. The van der Waals surface area contributed by atoms with Gasteiger partial charge in [-0.2, -0.15) is 0 Å². The molecule has 114 valence electrons. The SMILES string of the molecule is COc1ccccc1CCC(=O)Nc1cccc([N+](=O)[O-])c1. The number of ether oxygens (including phenoxy) is 1. The number of nitro groups is 1. The minimum atomic E-state index is -0.496. The average Bonchev–Trinajstić information content (AvgIpc) is 2.53. The molecule has 0 radical (unpaired) electrons. The number of carbonyl (C=O) groups excluding carboxylic acids is 1. The van der Waals surface area contributed by atoms with Crippen molar-refractivity contribution in [1.29, 1.82) is 0 Å². The summed E-state index contributed by atoms with van der Waals surface area (Å²) in [5.41, 5.74) is 1.31. The Morgan fingerprint density at radius 3 is 2.73 bits per heavy atom. The number of nitrogens with zero attached hydrogens (tertiary/aromatic N) is 1. The van der Waals surface area contributed by atoms with Crippen LogP contribution < -0.4 is 10.1 Å². The zero-order chi connectivity index (χ0) is 15.9. The van der Waals surface area contributed by atoms with Crippen molar-refractivity contribution in [1.82, 2.24) is 0 Å². The second kappa shape index (κ2) is 7.21. The quantitative estimate of drug-likeness (QED) is 0.656. The van der Waals surface area contributed by atoms with Gasteiger partial charge in [-0.3, -0.25) is 14.9 Å². The first-order valence-corrected chi connectivity index (χ1v) is 6.76. The number of methoxy groups -OCH3 is 1. The lowest BCUT2D eigenvalue weighted by Crippen LogP contribution is -2.12. The Morgan fingerprint density at radius 1 is 1.23 bits per heavy atom. The van der Waals surface area contributed by atoms with Crippen molar-refractivity contribution < 1.29 is 14.5 Å². The average molecular weight is 300 g/mol. The number of nitrogens with one attached hydrogen (secondary N) is 1. The van der Waals surface area contributed by atoms with Crippen molar-refractivity contribution in [2.24, 2.45) is 0 Å². The van der Waals surface area contributed by atoms with Crippen LogP contribution >= 0.6 is 0 Å². The minimum Gasteiger partial charge on any atom is -0.496 e. The van der Waals surface area contributed by atoms with E-state index < -0.39 is 4.92 Å². The van der Waals surface area contributed by atoms with E-state index in [0.717, 1.165) is 11.3 Å². The normalized spacial score (nSPS) is 10.0. The van der Waals surface area contributed by atoms with Crippen LogP contribution in [0.3, 0.4) is 0 Å². The molecule has 0 aliphatic carbocycles. The molecule has 2 rings (SSSR count). The first-order valence-electron chi connectivity index (χ1n) is 6.76. The maximum absolute atomic E-state index is 11.9. The van der Waals surface area contributed by atoms with E-state index in [1.54, 1.807) is 13.2 Å². The molecule has 0 unspecified atom stereocenters. The third-order valence-electron chi connectivity index (χ3n) is 3.15. The van der Waals surface area contributed by atoms with Crippen LogP contribution in [-0.2, 0) is 11.2 Å². The lowest BCUT2D eigenvalue weighted by atomic mass is 10.1. The highest BCUT2D eigenvalue weighted by Crippen LogP contribution is 2.20. The summed E-state index contributed by atoms with van der Waals surface area (Å²) in [5, 5.41) is 13.4. The Kier molecular flexibility index (Phi) is 5.08. The minimum absolute atomic E-state index is 0.0532. The Bertz CT molecular complexity index is 685. The summed E-state index contributed by atoms with van der Waals surface area (Å²) in [5.74, 6) is 0.539. The van der Waals surface area contributed by atoms with Crippen LogP contribution in [0, 0.1) is 10.1 Å². The topological polar surface area (TPSA) is 81.5 Å². The predicted octanol–water partition coefficient (Wildman–Crippen LogP) is 3.17. The molecule has 0 aliphatic heterocycles. The largest absolute Gasteiger partial charge is 0.496 e. The fourth-order valence-electron chi connectivity index (χ4n) is 2.08. The molecule has 6 heteroatoms. The van der Waals surface area contributed by atoms with Crippen LogP contribution in [0.1, 0.15) is 12.0 Å². The molecule has 0 fully saturated rings. The number of rotatable bonds is 6. The lowest BCUT2D eigenvalue weighted by molar-refractivity contribution is -0.384. The molecule has 0 aromatic heterocycles. The van der Waals surface area contributed by atoms with Gasteiger partial charge in [-0.1, -0.05) is 24.3 Å². The molecular weight excluding hydrogens is 284 g/mol. The smallest absolute Gasteiger partial charge is 0.271 e. The first kappa shape index (κ1) is 15.5. The number of hydrogen-bond donors (Lipinski definition) is 1. The molecule has 2 aromatic rings. The highest BCUT2D eigenvalue weighted by molar-refractivity contribution is 5.91. The van der Waals surface area contributed by atoms with Gasteiger partial charge in [-0.25, -0.2) is 0 Å². The van der Waals surface area contributed by atoms with E-state index in [1.807, 2.05) is 24.3 Å². The molecule has 0 heterocycles. The molecular formula is C16H16N2O4. The number of anilines is 1. The maximum Gasteiger partial charge on any atom is 0.271 e. The van der Waals surface area contributed by atoms with E-state index in [0.29, 0.717) is 12.1 Å². The zero-order valence-electron chi connectivity index (χ0n) is 12.1. The van der Waals surface area contributed by atoms with Crippen LogP contribution in [0.25, 0.3) is 0 Å². The van der Waals surface area contributed by atoms with Gasteiger partial charge in [0.1, 0.15) is 5.75 Å². The monoisotopic (exact) mass is 300 g/mol. The van der Waals surface area contributed by atoms with Crippen LogP contribution in [0.4, 0.5) is 11.4 Å². The van der Waals surface area contributed by atoms with Crippen molar-refractivity contribution in [2.45, 2.75) is 12.8 Å². The summed E-state index contributed by atoms with van der Waals surface area (Å²) in [6.07, 6.45) is 0.799. The lowest BCUT2D eigenvalue weighted by Gasteiger charge is -2.08. The molecule has 0 aliphatic rings. The molecule has 1 N–H and O–H groups in total. The Labute approximate surface area is 127 Å². The van der Waals surface area contributed by atoms with Crippen molar-refractivity contribution in [3.05, 3.63) is 64.2 Å². The highest BCUT2D eigenvalue weighted by Gasteiger charge is 2.09.